The first-order chi connectivity index (χ1) is 10.7. The van der Waals surface area contributed by atoms with Gasteiger partial charge in [-0.3, -0.25) is 9.59 Å². The molecular formula is C17H20N2O2S. The third kappa shape index (κ3) is 4.70. The van der Waals surface area contributed by atoms with Crippen LogP contribution in [0.3, 0.4) is 0 Å². The first-order valence-electron chi connectivity index (χ1n) is 7.32. The van der Waals surface area contributed by atoms with E-state index in [-0.39, 0.29) is 11.8 Å². The minimum Gasteiger partial charge on any atom is -0.351 e. The maximum absolute atomic E-state index is 12.2. The van der Waals surface area contributed by atoms with Crippen LogP contribution in [0.2, 0.25) is 0 Å². The number of rotatable bonds is 7. The number of benzene rings is 1. The second-order valence-electron chi connectivity index (χ2n) is 4.91. The van der Waals surface area contributed by atoms with Crippen molar-refractivity contribution in [1.29, 1.82) is 0 Å². The zero-order valence-electron chi connectivity index (χ0n) is 12.6. The third-order valence-corrected chi connectivity index (χ3v) is 4.04. The second kappa shape index (κ2) is 8.34. The molecule has 0 bridgehead atoms. The number of carbonyl (C=O) groups excluding carboxylic acids is 2. The molecule has 0 spiro atoms. The van der Waals surface area contributed by atoms with Gasteiger partial charge in [-0.05, 0) is 23.9 Å². The van der Waals surface area contributed by atoms with Crippen LogP contribution in [0.1, 0.15) is 29.3 Å². The summed E-state index contributed by atoms with van der Waals surface area (Å²) in [6.07, 6.45) is 0.316. The molecule has 2 aromatic rings. The molecule has 0 saturated carbocycles. The van der Waals surface area contributed by atoms with Crippen LogP contribution in [0.15, 0.2) is 47.2 Å². The summed E-state index contributed by atoms with van der Waals surface area (Å²) in [6, 6.07) is 11.7. The van der Waals surface area contributed by atoms with Gasteiger partial charge in [0.05, 0.1) is 0 Å². The molecule has 2 rings (SSSR count). The Kier molecular flexibility index (Phi) is 6.15. The highest BCUT2D eigenvalue weighted by atomic mass is 32.1. The van der Waals surface area contributed by atoms with Crippen molar-refractivity contribution in [3.8, 4) is 0 Å². The number of nitrogens with zero attached hydrogens (tertiary/aromatic N) is 1. The van der Waals surface area contributed by atoms with Gasteiger partial charge in [0, 0.05) is 37.0 Å². The zero-order chi connectivity index (χ0) is 15.8. The van der Waals surface area contributed by atoms with E-state index < -0.39 is 0 Å². The van der Waals surface area contributed by atoms with Gasteiger partial charge in [0.15, 0.2) is 0 Å². The Morgan fingerprint density at radius 3 is 2.59 bits per heavy atom. The summed E-state index contributed by atoms with van der Waals surface area (Å²) < 4.78 is 0. The predicted molar refractivity (Wildman–Crippen MR) is 88.8 cm³/mol. The van der Waals surface area contributed by atoms with E-state index in [0.29, 0.717) is 31.6 Å². The van der Waals surface area contributed by atoms with E-state index in [0.717, 1.165) is 5.56 Å². The van der Waals surface area contributed by atoms with Gasteiger partial charge < -0.3 is 10.2 Å². The Hall–Kier alpha value is -2.14. The van der Waals surface area contributed by atoms with E-state index in [1.807, 2.05) is 42.6 Å². The van der Waals surface area contributed by atoms with E-state index in [9.17, 15) is 9.59 Å². The van der Waals surface area contributed by atoms with Crippen LogP contribution >= 0.6 is 11.3 Å². The van der Waals surface area contributed by atoms with E-state index in [2.05, 4.69) is 5.32 Å². The van der Waals surface area contributed by atoms with Gasteiger partial charge in [0.1, 0.15) is 0 Å². The molecule has 22 heavy (non-hydrogen) atoms. The Morgan fingerprint density at radius 1 is 1.18 bits per heavy atom. The standard InChI is InChI=1S/C17H20N2O2S/c1-2-19(12-14-6-4-3-5-7-14)16(20)8-10-18-17(21)15-9-11-22-13-15/h3-7,9,11,13H,2,8,10,12H2,1H3,(H,18,21). The van der Waals surface area contributed by atoms with Gasteiger partial charge in [-0.2, -0.15) is 11.3 Å². The largest absolute Gasteiger partial charge is 0.351 e. The maximum atomic E-state index is 12.2. The molecule has 2 amide bonds. The van der Waals surface area contributed by atoms with Crippen molar-refractivity contribution in [3.63, 3.8) is 0 Å². The van der Waals surface area contributed by atoms with Gasteiger partial charge in [0.25, 0.3) is 5.91 Å². The molecule has 0 saturated heterocycles. The highest BCUT2D eigenvalue weighted by Gasteiger charge is 2.13. The van der Waals surface area contributed by atoms with Crippen molar-refractivity contribution >= 4 is 23.2 Å². The third-order valence-electron chi connectivity index (χ3n) is 3.36. The zero-order valence-corrected chi connectivity index (χ0v) is 13.4. The Morgan fingerprint density at radius 2 is 1.95 bits per heavy atom. The van der Waals surface area contributed by atoms with Crippen LogP contribution in [0.5, 0.6) is 0 Å². The van der Waals surface area contributed by atoms with Gasteiger partial charge in [0.2, 0.25) is 5.91 Å². The number of thiophene rings is 1. The van der Waals surface area contributed by atoms with Gasteiger partial charge in [-0.1, -0.05) is 30.3 Å². The molecule has 0 unspecified atom stereocenters. The molecule has 0 aliphatic rings. The van der Waals surface area contributed by atoms with Crippen LogP contribution in [0.25, 0.3) is 0 Å². The lowest BCUT2D eigenvalue weighted by Gasteiger charge is -2.21. The number of nitrogens with one attached hydrogen (secondary N) is 1. The average Bonchev–Trinajstić information content (AvgIpc) is 3.08. The molecule has 0 fully saturated rings. The Bertz CT molecular complexity index is 596. The molecule has 4 nitrogen and oxygen atoms in total. The quantitative estimate of drug-likeness (QED) is 0.854. The molecule has 1 heterocycles. The molecule has 5 heteroatoms. The highest BCUT2D eigenvalue weighted by molar-refractivity contribution is 7.08. The van der Waals surface area contributed by atoms with Crippen LogP contribution in [-0.4, -0.2) is 29.8 Å². The number of amides is 2. The number of hydrogen-bond acceptors (Lipinski definition) is 3. The molecule has 0 aliphatic heterocycles. The number of hydrogen-bond donors (Lipinski definition) is 1. The van der Waals surface area contributed by atoms with Crippen molar-refractivity contribution in [2.45, 2.75) is 19.9 Å². The monoisotopic (exact) mass is 316 g/mol. The lowest BCUT2D eigenvalue weighted by molar-refractivity contribution is -0.131. The van der Waals surface area contributed by atoms with Crippen molar-refractivity contribution in [1.82, 2.24) is 10.2 Å². The molecule has 0 aliphatic carbocycles. The van der Waals surface area contributed by atoms with Crippen LogP contribution in [0, 0.1) is 0 Å². The summed E-state index contributed by atoms with van der Waals surface area (Å²) in [6.45, 7) is 3.59. The molecule has 1 aromatic carbocycles. The first kappa shape index (κ1) is 16.2. The van der Waals surface area contributed by atoms with E-state index in [1.54, 1.807) is 16.3 Å². The molecule has 1 N–H and O–H groups in total. The first-order valence-corrected chi connectivity index (χ1v) is 8.27. The fraction of sp³-hybridized carbons (Fsp3) is 0.294. The fourth-order valence-corrected chi connectivity index (χ4v) is 2.75. The molecular weight excluding hydrogens is 296 g/mol. The summed E-state index contributed by atoms with van der Waals surface area (Å²) in [5, 5.41) is 6.44. The highest BCUT2D eigenvalue weighted by Crippen LogP contribution is 2.07. The second-order valence-corrected chi connectivity index (χ2v) is 5.69. The van der Waals surface area contributed by atoms with Crippen molar-refractivity contribution in [3.05, 3.63) is 58.3 Å². The summed E-state index contributed by atoms with van der Waals surface area (Å²) in [7, 11) is 0. The Balaban J connectivity index is 1.78. The molecule has 1 aromatic heterocycles. The summed E-state index contributed by atoms with van der Waals surface area (Å²) >= 11 is 1.48. The van der Waals surface area contributed by atoms with Crippen molar-refractivity contribution < 1.29 is 9.59 Å². The van der Waals surface area contributed by atoms with Gasteiger partial charge in [-0.25, -0.2) is 0 Å². The normalized spacial score (nSPS) is 10.2. The molecule has 0 radical (unpaired) electrons. The molecule has 116 valence electrons. The minimum atomic E-state index is -0.125. The lowest BCUT2D eigenvalue weighted by atomic mass is 10.2. The van der Waals surface area contributed by atoms with E-state index in [1.165, 1.54) is 11.3 Å². The summed E-state index contributed by atoms with van der Waals surface area (Å²) in [4.78, 5) is 25.8. The summed E-state index contributed by atoms with van der Waals surface area (Å²) in [5.41, 5.74) is 1.76. The Labute approximate surface area is 134 Å². The average molecular weight is 316 g/mol. The van der Waals surface area contributed by atoms with Crippen LogP contribution < -0.4 is 5.32 Å². The number of carbonyl (C=O) groups is 2. The summed E-state index contributed by atoms with van der Waals surface area (Å²) in [5.74, 6) is -0.0721. The van der Waals surface area contributed by atoms with Gasteiger partial charge >= 0.3 is 0 Å². The topological polar surface area (TPSA) is 49.4 Å². The van der Waals surface area contributed by atoms with Crippen molar-refractivity contribution in [2.24, 2.45) is 0 Å². The van der Waals surface area contributed by atoms with Crippen LogP contribution in [0.4, 0.5) is 0 Å². The lowest BCUT2D eigenvalue weighted by Crippen LogP contribution is -2.34. The minimum absolute atomic E-state index is 0.0528. The van der Waals surface area contributed by atoms with Crippen molar-refractivity contribution in [2.75, 3.05) is 13.1 Å². The SMILES string of the molecule is CCN(Cc1ccccc1)C(=O)CCNC(=O)c1ccsc1. The van der Waals surface area contributed by atoms with Gasteiger partial charge in [-0.15, -0.1) is 0 Å². The molecule has 0 atom stereocenters. The van der Waals surface area contributed by atoms with E-state index in [4.69, 9.17) is 0 Å². The fourth-order valence-electron chi connectivity index (χ4n) is 2.12. The van der Waals surface area contributed by atoms with E-state index >= 15 is 0 Å². The smallest absolute Gasteiger partial charge is 0.252 e. The predicted octanol–water partition coefficient (Wildman–Crippen LogP) is 2.92. The maximum Gasteiger partial charge on any atom is 0.252 e. The van der Waals surface area contributed by atoms with Crippen LogP contribution in [-0.2, 0) is 11.3 Å².